The van der Waals surface area contributed by atoms with E-state index in [-0.39, 0.29) is 0 Å². The van der Waals surface area contributed by atoms with Crippen LogP contribution in [0.3, 0.4) is 0 Å². The second-order valence-corrected chi connectivity index (χ2v) is 8.84. The Bertz CT molecular complexity index is 1040. The van der Waals surface area contributed by atoms with E-state index in [1.807, 2.05) is 0 Å². The second-order valence-electron chi connectivity index (χ2n) is 8.84. The lowest BCUT2D eigenvalue weighted by Gasteiger charge is -2.39. The Morgan fingerprint density at radius 3 is 2.58 bits per heavy atom. The van der Waals surface area contributed by atoms with Gasteiger partial charge in [-0.05, 0) is 62.2 Å². The summed E-state index contributed by atoms with van der Waals surface area (Å²) in [6, 6.07) is 20.4. The van der Waals surface area contributed by atoms with Crippen LogP contribution in [-0.4, -0.2) is 62.0 Å². The third-order valence-electron chi connectivity index (χ3n) is 6.69. The summed E-state index contributed by atoms with van der Waals surface area (Å²) in [5.74, 6) is 0. The molecule has 3 aromatic rings. The van der Waals surface area contributed by atoms with Crippen LogP contribution < -0.4 is 9.80 Å². The quantitative estimate of drug-likeness (QED) is 0.625. The summed E-state index contributed by atoms with van der Waals surface area (Å²) >= 11 is 0. The van der Waals surface area contributed by atoms with Crippen LogP contribution in [0.2, 0.25) is 0 Å². The van der Waals surface area contributed by atoms with E-state index >= 15 is 0 Å². The number of hydrogen-bond donors (Lipinski definition) is 0. The van der Waals surface area contributed by atoms with Crippen molar-refractivity contribution in [1.29, 1.82) is 0 Å². The number of pyridine rings is 1. The lowest BCUT2D eigenvalue weighted by molar-refractivity contribution is 0.196. The maximum atomic E-state index is 5.52. The van der Waals surface area contributed by atoms with Crippen LogP contribution in [0.1, 0.15) is 18.2 Å². The molecule has 2 aliphatic heterocycles. The highest BCUT2D eigenvalue weighted by Crippen LogP contribution is 2.27. The highest BCUT2D eigenvalue weighted by Gasteiger charge is 2.23. The van der Waals surface area contributed by atoms with Crippen LogP contribution in [-0.2, 0) is 11.2 Å². The molecule has 1 unspecified atom stereocenters. The largest absolute Gasteiger partial charge is 0.368 e. The first-order chi connectivity index (χ1) is 15.2. The summed E-state index contributed by atoms with van der Waals surface area (Å²) < 4.78 is 5.52. The lowest BCUT2D eigenvalue weighted by atomic mass is 10.0. The van der Waals surface area contributed by atoms with Gasteiger partial charge in [0.05, 0.1) is 12.1 Å². The Labute approximate surface area is 185 Å². The molecule has 5 nitrogen and oxygen atoms in total. The molecule has 0 N–H and O–H groups in total. The molecule has 5 rings (SSSR count). The minimum Gasteiger partial charge on any atom is -0.368 e. The van der Waals surface area contributed by atoms with Gasteiger partial charge in [-0.3, -0.25) is 9.88 Å². The maximum absolute atomic E-state index is 5.52. The molecule has 0 bridgehead atoms. The van der Waals surface area contributed by atoms with E-state index in [0.717, 1.165) is 57.0 Å². The standard InChI is InChI=1S/C26H32N4O/c1-20-9-10-24-25(27-20)7-4-8-26(24)29-13-11-28(12-14-29)21(2)17-22-5-3-6-23(18-22)30-15-16-31-19-30/h3-10,18,21H,11-17,19H2,1-2H3. The smallest absolute Gasteiger partial charge is 0.119 e. The highest BCUT2D eigenvalue weighted by atomic mass is 16.5. The molecule has 0 spiro atoms. The minimum atomic E-state index is 0.532. The number of rotatable bonds is 5. The molecule has 0 amide bonds. The Morgan fingerprint density at radius 2 is 1.77 bits per heavy atom. The van der Waals surface area contributed by atoms with Crippen LogP contribution in [0, 0.1) is 6.92 Å². The zero-order chi connectivity index (χ0) is 21.2. The van der Waals surface area contributed by atoms with Crippen molar-refractivity contribution in [2.75, 3.05) is 55.9 Å². The van der Waals surface area contributed by atoms with Gasteiger partial charge >= 0.3 is 0 Å². The summed E-state index contributed by atoms with van der Waals surface area (Å²) in [5.41, 5.74) is 6.18. The summed E-state index contributed by atoms with van der Waals surface area (Å²) in [5, 5.41) is 1.26. The number of fused-ring (bicyclic) bond motifs is 1. The van der Waals surface area contributed by atoms with Crippen molar-refractivity contribution in [2.45, 2.75) is 26.3 Å². The minimum absolute atomic E-state index is 0.532. The second kappa shape index (κ2) is 8.85. The van der Waals surface area contributed by atoms with Crippen molar-refractivity contribution in [1.82, 2.24) is 9.88 Å². The van der Waals surface area contributed by atoms with E-state index in [1.165, 1.54) is 22.3 Å². The number of ether oxygens (including phenoxy) is 1. The fraction of sp³-hybridized carbons (Fsp3) is 0.423. The summed E-state index contributed by atoms with van der Waals surface area (Å²) in [6.07, 6.45) is 1.08. The van der Waals surface area contributed by atoms with Crippen LogP contribution in [0.5, 0.6) is 0 Å². The Hall–Kier alpha value is -2.63. The predicted octanol–water partition coefficient (Wildman–Crippen LogP) is 4.09. The molecular formula is C26H32N4O. The van der Waals surface area contributed by atoms with E-state index in [0.29, 0.717) is 12.8 Å². The first-order valence-electron chi connectivity index (χ1n) is 11.4. The maximum Gasteiger partial charge on any atom is 0.119 e. The molecule has 2 fully saturated rings. The molecular weight excluding hydrogens is 384 g/mol. The van der Waals surface area contributed by atoms with Crippen molar-refractivity contribution >= 4 is 22.3 Å². The lowest BCUT2D eigenvalue weighted by Crippen LogP contribution is -2.50. The molecule has 0 aliphatic carbocycles. The number of anilines is 2. The molecule has 31 heavy (non-hydrogen) atoms. The molecule has 1 aromatic heterocycles. The summed E-state index contributed by atoms with van der Waals surface area (Å²) in [4.78, 5) is 12.2. The van der Waals surface area contributed by atoms with Gasteiger partial charge in [-0.2, -0.15) is 0 Å². The van der Waals surface area contributed by atoms with Gasteiger partial charge in [-0.1, -0.05) is 18.2 Å². The van der Waals surface area contributed by atoms with E-state index in [9.17, 15) is 0 Å². The van der Waals surface area contributed by atoms with E-state index < -0.39 is 0 Å². The van der Waals surface area contributed by atoms with Gasteiger partial charge in [0, 0.05) is 61.2 Å². The van der Waals surface area contributed by atoms with E-state index in [4.69, 9.17) is 9.72 Å². The molecule has 0 saturated carbocycles. The first kappa shape index (κ1) is 20.3. The van der Waals surface area contributed by atoms with Crippen LogP contribution in [0.25, 0.3) is 10.9 Å². The molecule has 2 aliphatic rings. The van der Waals surface area contributed by atoms with Gasteiger partial charge in [-0.25, -0.2) is 0 Å². The van der Waals surface area contributed by atoms with Gasteiger partial charge in [0.15, 0.2) is 0 Å². The normalized spacial score (nSPS) is 18.6. The first-order valence-corrected chi connectivity index (χ1v) is 11.4. The molecule has 1 atom stereocenters. The van der Waals surface area contributed by atoms with Crippen molar-refractivity contribution in [3.8, 4) is 0 Å². The molecule has 2 saturated heterocycles. The molecule has 162 valence electrons. The molecule has 3 heterocycles. The SMILES string of the molecule is Cc1ccc2c(N3CCN(C(C)Cc4cccc(N5CCOC5)c4)CC3)cccc2n1. The van der Waals surface area contributed by atoms with Gasteiger partial charge in [0.1, 0.15) is 6.73 Å². The predicted molar refractivity (Wildman–Crippen MR) is 128 cm³/mol. The topological polar surface area (TPSA) is 31.8 Å². The number of aryl methyl sites for hydroxylation is 1. The summed E-state index contributed by atoms with van der Waals surface area (Å²) in [6.45, 7) is 11.3. The van der Waals surface area contributed by atoms with Crippen LogP contribution in [0.15, 0.2) is 54.6 Å². The fourth-order valence-electron chi connectivity index (χ4n) is 4.89. The van der Waals surface area contributed by atoms with Crippen molar-refractivity contribution in [2.24, 2.45) is 0 Å². The Morgan fingerprint density at radius 1 is 0.935 bits per heavy atom. The van der Waals surface area contributed by atoms with Gasteiger partial charge < -0.3 is 14.5 Å². The van der Waals surface area contributed by atoms with E-state index in [2.05, 4.69) is 83.1 Å². The summed E-state index contributed by atoms with van der Waals surface area (Å²) in [7, 11) is 0. The monoisotopic (exact) mass is 416 g/mol. The third-order valence-corrected chi connectivity index (χ3v) is 6.69. The number of piperazine rings is 1. The Balaban J connectivity index is 1.22. The average Bonchev–Trinajstić information content (AvgIpc) is 3.34. The number of benzene rings is 2. The molecule has 5 heteroatoms. The van der Waals surface area contributed by atoms with Gasteiger partial charge in [0.2, 0.25) is 0 Å². The zero-order valence-corrected chi connectivity index (χ0v) is 18.6. The van der Waals surface area contributed by atoms with Crippen molar-refractivity contribution in [3.05, 3.63) is 65.9 Å². The number of hydrogen-bond acceptors (Lipinski definition) is 5. The third kappa shape index (κ3) is 4.39. The van der Waals surface area contributed by atoms with Gasteiger partial charge in [0.25, 0.3) is 0 Å². The number of nitrogens with zero attached hydrogens (tertiary/aromatic N) is 4. The van der Waals surface area contributed by atoms with Crippen LogP contribution >= 0.6 is 0 Å². The average molecular weight is 417 g/mol. The Kier molecular flexibility index (Phi) is 5.79. The fourth-order valence-corrected chi connectivity index (χ4v) is 4.89. The molecule has 2 aromatic carbocycles. The number of aromatic nitrogens is 1. The van der Waals surface area contributed by atoms with Crippen LogP contribution in [0.4, 0.5) is 11.4 Å². The zero-order valence-electron chi connectivity index (χ0n) is 18.6. The van der Waals surface area contributed by atoms with E-state index in [1.54, 1.807) is 0 Å². The molecule has 0 radical (unpaired) electrons. The van der Waals surface area contributed by atoms with Gasteiger partial charge in [-0.15, -0.1) is 0 Å². The van der Waals surface area contributed by atoms with Crippen molar-refractivity contribution < 1.29 is 4.74 Å². The van der Waals surface area contributed by atoms with Crippen molar-refractivity contribution in [3.63, 3.8) is 0 Å². The highest BCUT2D eigenvalue weighted by molar-refractivity contribution is 5.92.